The smallest absolute Gasteiger partial charge is 0.225 e. The van der Waals surface area contributed by atoms with Crippen molar-refractivity contribution in [3.63, 3.8) is 0 Å². The summed E-state index contributed by atoms with van der Waals surface area (Å²) in [6, 6.07) is 0. The third kappa shape index (κ3) is 2.80. The van der Waals surface area contributed by atoms with Crippen LogP contribution >= 0.6 is 15.9 Å². The number of rotatable bonds is 2. The number of nitrogens with two attached hydrogens (primary N) is 1. The zero-order chi connectivity index (χ0) is 10.8. The van der Waals surface area contributed by atoms with Crippen LogP contribution in [0.25, 0.3) is 0 Å². The van der Waals surface area contributed by atoms with Crippen LogP contribution in [0.4, 0.5) is 0 Å². The topological polar surface area (TPSA) is 60.2 Å². The van der Waals surface area contributed by atoms with Gasteiger partial charge in [0, 0.05) is 10.7 Å². The first kappa shape index (κ1) is 11.7. The van der Waals surface area contributed by atoms with Crippen LogP contribution in [0.1, 0.15) is 6.92 Å². The van der Waals surface area contributed by atoms with Crippen LogP contribution in [-0.2, 0) is 10.0 Å². The van der Waals surface area contributed by atoms with Gasteiger partial charge in [0.2, 0.25) is 10.0 Å². The monoisotopic (exact) mass is 277 g/mol. The minimum Gasteiger partial charge on any atom is -0.225 e. The highest BCUT2D eigenvalue weighted by Crippen LogP contribution is 2.26. The Morgan fingerprint density at radius 2 is 2.14 bits per heavy atom. The van der Waals surface area contributed by atoms with Gasteiger partial charge in [-0.3, -0.25) is 0 Å². The molecule has 1 rings (SSSR count). The predicted molar refractivity (Wildman–Crippen MR) is 61.4 cm³/mol. The van der Waals surface area contributed by atoms with E-state index in [0.29, 0.717) is 0 Å². The minimum absolute atomic E-state index is 0.137. The zero-order valence-electron chi connectivity index (χ0n) is 7.77. The van der Waals surface area contributed by atoms with E-state index >= 15 is 0 Å². The molecule has 1 atom stereocenters. The number of primary sulfonamides is 1. The summed E-state index contributed by atoms with van der Waals surface area (Å²) in [6.45, 7) is 1.99. The molecule has 1 aliphatic carbocycles. The Morgan fingerprint density at radius 3 is 2.64 bits per heavy atom. The quantitative estimate of drug-likeness (QED) is 0.781. The second-order valence-corrected chi connectivity index (χ2v) is 5.57. The average Bonchev–Trinajstić information content (AvgIpc) is 2.27. The normalized spacial score (nSPS) is 27.2. The van der Waals surface area contributed by atoms with Gasteiger partial charge in [0.1, 0.15) is 0 Å². The lowest BCUT2D eigenvalue weighted by Gasteiger charge is -2.16. The second-order valence-electron chi connectivity index (χ2n) is 3.45. The molecule has 0 radical (unpaired) electrons. The highest BCUT2D eigenvalue weighted by atomic mass is 79.9. The van der Waals surface area contributed by atoms with Crippen molar-refractivity contribution < 1.29 is 8.42 Å². The van der Waals surface area contributed by atoms with Crippen molar-refractivity contribution in [1.82, 2.24) is 0 Å². The Kier molecular flexibility index (Phi) is 3.34. The fraction of sp³-hybridized carbons (Fsp3) is 0.333. The third-order valence-corrected chi connectivity index (χ3v) is 4.12. The maximum absolute atomic E-state index is 11.1. The van der Waals surface area contributed by atoms with Crippen LogP contribution in [-0.4, -0.2) is 13.7 Å². The van der Waals surface area contributed by atoms with Crippen molar-refractivity contribution in [2.45, 2.75) is 6.92 Å². The molecule has 0 saturated heterocycles. The van der Waals surface area contributed by atoms with E-state index < -0.39 is 10.0 Å². The summed E-state index contributed by atoms with van der Waals surface area (Å²) < 4.78 is 22.1. The van der Waals surface area contributed by atoms with Crippen molar-refractivity contribution in [2.24, 2.45) is 10.6 Å². The van der Waals surface area contributed by atoms with Gasteiger partial charge in [-0.15, -0.1) is 0 Å². The number of sulfonamides is 1. The highest BCUT2D eigenvalue weighted by Gasteiger charge is 2.18. The van der Waals surface area contributed by atoms with Gasteiger partial charge in [-0.25, -0.2) is 13.6 Å². The molecule has 0 fully saturated rings. The molecule has 14 heavy (non-hydrogen) atoms. The lowest BCUT2D eigenvalue weighted by Crippen LogP contribution is -2.14. The van der Waals surface area contributed by atoms with E-state index in [2.05, 4.69) is 15.9 Å². The molecule has 0 heterocycles. The van der Waals surface area contributed by atoms with Gasteiger partial charge in [0.25, 0.3) is 0 Å². The average molecular weight is 278 g/mol. The van der Waals surface area contributed by atoms with Crippen molar-refractivity contribution in [2.75, 3.05) is 5.33 Å². The fourth-order valence-corrected chi connectivity index (χ4v) is 1.92. The molecule has 0 aliphatic heterocycles. The van der Waals surface area contributed by atoms with E-state index in [1.54, 1.807) is 6.08 Å². The summed E-state index contributed by atoms with van der Waals surface area (Å²) >= 11 is 3.37. The molecule has 0 bridgehead atoms. The molecule has 1 unspecified atom stereocenters. The van der Waals surface area contributed by atoms with E-state index in [1.807, 2.05) is 19.1 Å². The van der Waals surface area contributed by atoms with E-state index in [9.17, 15) is 8.42 Å². The van der Waals surface area contributed by atoms with Crippen molar-refractivity contribution >= 4 is 26.0 Å². The molecule has 78 valence electrons. The molecule has 1 aliphatic rings. The van der Waals surface area contributed by atoms with Crippen LogP contribution < -0.4 is 5.14 Å². The summed E-state index contributed by atoms with van der Waals surface area (Å²) in [5, 5.41) is 5.75. The van der Waals surface area contributed by atoms with Crippen LogP contribution in [0.15, 0.2) is 35.3 Å². The standard InChI is InChI=1S/C9H12BrNO2S/c1-9(7-10)5-2-3-8(4-6-9)14(11,12)13/h2-6H,7H2,1H3,(H2,11,12,13). The SMILES string of the molecule is CC1(CBr)C=CC=C(S(N)(=O)=O)C=C1. The number of halogens is 1. The lowest BCUT2D eigenvalue weighted by molar-refractivity contribution is 0.604. The van der Waals surface area contributed by atoms with Crippen LogP contribution in [0.5, 0.6) is 0 Å². The van der Waals surface area contributed by atoms with Gasteiger partial charge >= 0.3 is 0 Å². The van der Waals surface area contributed by atoms with Gasteiger partial charge in [0.05, 0.1) is 4.91 Å². The minimum atomic E-state index is -3.60. The van der Waals surface area contributed by atoms with Gasteiger partial charge in [-0.05, 0) is 12.2 Å². The van der Waals surface area contributed by atoms with Gasteiger partial charge in [0.15, 0.2) is 0 Å². The first-order chi connectivity index (χ1) is 6.37. The van der Waals surface area contributed by atoms with Crippen LogP contribution in [0.3, 0.4) is 0 Å². The largest absolute Gasteiger partial charge is 0.238 e. The number of hydrogen-bond donors (Lipinski definition) is 1. The third-order valence-electron chi connectivity index (χ3n) is 1.98. The van der Waals surface area contributed by atoms with Crippen molar-refractivity contribution in [3.05, 3.63) is 35.3 Å². The molecule has 0 aromatic rings. The number of allylic oxidation sites excluding steroid dienone is 5. The van der Waals surface area contributed by atoms with Gasteiger partial charge < -0.3 is 0 Å². The van der Waals surface area contributed by atoms with Crippen molar-refractivity contribution in [3.8, 4) is 0 Å². The molecular formula is C9H12BrNO2S. The molecule has 0 aromatic heterocycles. The summed E-state index contributed by atoms with van der Waals surface area (Å²) in [5.74, 6) is 0. The van der Waals surface area contributed by atoms with Crippen LogP contribution in [0, 0.1) is 5.41 Å². The summed E-state index contributed by atoms with van der Waals surface area (Å²) in [5.41, 5.74) is -0.164. The maximum Gasteiger partial charge on any atom is 0.238 e. The molecule has 3 nitrogen and oxygen atoms in total. The summed E-state index contributed by atoms with van der Waals surface area (Å²) in [4.78, 5) is 0.137. The van der Waals surface area contributed by atoms with Gasteiger partial charge in [-0.1, -0.05) is 41.1 Å². The zero-order valence-corrected chi connectivity index (χ0v) is 10.2. The Hall–Kier alpha value is -0.390. The molecule has 0 spiro atoms. The molecular weight excluding hydrogens is 266 g/mol. The summed E-state index contributed by atoms with van der Waals surface area (Å²) in [6.07, 6.45) is 8.50. The molecule has 0 amide bonds. The molecule has 2 N–H and O–H groups in total. The Morgan fingerprint density at radius 1 is 1.50 bits per heavy atom. The van der Waals surface area contributed by atoms with E-state index in [1.165, 1.54) is 12.2 Å². The Bertz CT molecular complexity index is 409. The second kappa shape index (κ2) is 4.00. The predicted octanol–water partition coefficient (Wildman–Crippen LogP) is 1.69. The summed E-state index contributed by atoms with van der Waals surface area (Å²) in [7, 11) is -3.60. The van der Waals surface area contributed by atoms with E-state index in [4.69, 9.17) is 5.14 Å². The maximum atomic E-state index is 11.1. The van der Waals surface area contributed by atoms with Crippen LogP contribution in [0.2, 0.25) is 0 Å². The van der Waals surface area contributed by atoms with E-state index in [0.717, 1.165) is 5.33 Å². The lowest BCUT2D eigenvalue weighted by atomic mass is 9.93. The van der Waals surface area contributed by atoms with Crippen molar-refractivity contribution in [1.29, 1.82) is 0 Å². The molecule has 0 saturated carbocycles. The fourth-order valence-electron chi connectivity index (χ4n) is 1.03. The van der Waals surface area contributed by atoms with E-state index in [-0.39, 0.29) is 10.3 Å². The highest BCUT2D eigenvalue weighted by molar-refractivity contribution is 9.09. The first-order valence-corrected chi connectivity index (χ1v) is 6.72. The Balaban J connectivity index is 3.07. The number of hydrogen-bond acceptors (Lipinski definition) is 2. The Labute approximate surface area is 92.6 Å². The molecule has 5 heteroatoms. The number of alkyl halides is 1. The first-order valence-electron chi connectivity index (χ1n) is 4.05. The molecule has 0 aromatic carbocycles. The van der Waals surface area contributed by atoms with Gasteiger partial charge in [-0.2, -0.15) is 0 Å².